The molecule has 1 heterocycles. The van der Waals surface area contributed by atoms with E-state index in [9.17, 15) is 5.11 Å². The zero-order valence-corrected chi connectivity index (χ0v) is 12.6. The number of nitrogens with zero attached hydrogens (tertiary/aromatic N) is 2. The second-order valence-electron chi connectivity index (χ2n) is 6.03. The van der Waals surface area contributed by atoms with Crippen LogP contribution in [0.15, 0.2) is 10.7 Å². The molecule has 0 aliphatic heterocycles. The highest BCUT2D eigenvalue weighted by atomic mass is 79.9. The molecule has 1 aromatic heterocycles. The first-order valence-corrected chi connectivity index (χ1v) is 7.03. The summed E-state index contributed by atoms with van der Waals surface area (Å²) in [6.07, 6.45) is 3.63. The maximum atomic E-state index is 11.1. The van der Waals surface area contributed by atoms with E-state index in [4.69, 9.17) is 0 Å². The Balaban J connectivity index is 2.48. The average molecular weight is 301 g/mol. The Morgan fingerprint density at radius 3 is 2.71 bits per heavy atom. The monoisotopic (exact) mass is 300 g/mol. The molecule has 1 saturated carbocycles. The maximum Gasteiger partial charge on any atom is 0.110 e. The zero-order valence-electron chi connectivity index (χ0n) is 11.0. The van der Waals surface area contributed by atoms with Crippen LogP contribution in [0, 0.1) is 11.3 Å². The highest BCUT2D eigenvalue weighted by Gasteiger charge is 2.50. The summed E-state index contributed by atoms with van der Waals surface area (Å²) in [5, 5.41) is 15.4. The van der Waals surface area contributed by atoms with Crippen molar-refractivity contribution in [3.8, 4) is 0 Å². The number of aryl methyl sites for hydroxylation is 1. The summed E-state index contributed by atoms with van der Waals surface area (Å²) in [6, 6.07) is 0. The van der Waals surface area contributed by atoms with Gasteiger partial charge in [0.25, 0.3) is 0 Å². The van der Waals surface area contributed by atoms with E-state index in [1.165, 1.54) is 0 Å². The number of aliphatic hydroxyl groups is 1. The zero-order chi connectivity index (χ0) is 12.8. The van der Waals surface area contributed by atoms with Gasteiger partial charge >= 0.3 is 0 Å². The normalized spacial score (nSPS) is 32.0. The Bertz CT molecular complexity index is 427. The predicted octanol–water partition coefficient (Wildman–Crippen LogP) is 3.31. The van der Waals surface area contributed by atoms with Crippen molar-refractivity contribution in [2.75, 3.05) is 0 Å². The molecule has 1 fully saturated rings. The molecule has 0 bridgehead atoms. The Kier molecular flexibility index (Phi) is 3.15. The van der Waals surface area contributed by atoms with Crippen molar-refractivity contribution in [3.63, 3.8) is 0 Å². The Hall–Kier alpha value is -0.350. The molecular formula is C13H21BrN2O. The van der Waals surface area contributed by atoms with Crippen molar-refractivity contribution in [1.82, 2.24) is 9.78 Å². The van der Waals surface area contributed by atoms with Crippen LogP contribution in [-0.4, -0.2) is 14.9 Å². The molecule has 4 heteroatoms. The van der Waals surface area contributed by atoms with Crippen molar-refractivity contribution < 1.29 is 5.11 Å². The van der Waals surface area contributed by atoms with Crippen LogP contribution < -0.4 is 0 Å². The smallest absolute Gasteiger partial charge is 0.110 e. The van der Waals surface area contributed by atoms with E-state index in [-0.39, 0.29) is 11.3 Å². The van der Waals surface area contributed by atoms with Crippen LogP contribution >= 0.6 is 15.9 Å². The van der Waals surface area contributed by atoms with Gasteiger partial charge in [0.15, 0.2) is 0 Å². The molecule has 2 unspecified atom stereocenters. The van der Waals surface area contributed by atoms with Gasteiger partial charge in [0.2, 0.25) is 0 Å². The first-order chi connectivity index (χ1) is 7.80. The van der Waals surface area contributed by atoms with Crippen molar-refractivity contribution in [3.05, 3.63) is 16.4 Å². The van der Waals surface area contributed by atoms with Gasteiger partial charge in [-0.3, -0.25) is 4.68 Å². The first-order valence-electron chi connectivity index (χ1n) is 6.24. The SMILES string of the molecule is CCn1ncc(Br)c1C1(O)CC(C)(C)CC1C. The molecule has 1 aromatic rings. The summed E-state index contributed by atoms with van der Waals surface area (Å²) in [6.45, 7) is 9.42. The van der Waals surface area contributed by atoms with Gasteiger partial charge in [-0.1, -0.05) is 20.8 Å². The van der Waals surface area contributed by atoms with E-state index in [0.29, 0.717) is 0 Å². The predicted molar refractivity (Wildman–Crippen MR) is 71.7 cm³/mol. The molecule has 0 aromatic carbocycles. The summed E-state index contributed by atoms with van der Waals surface area (Å²) in [7, 11) is 0. The summed E-state index contributed by atoms with van der Waals surface area (Å²) in [5.74, 6) is 0.260. The lowest BCUT2D eigenvalue weighted by Gasteiger charge is -2.29. The number of aromatic nitrogens is 2. The van der Waals surface area contributed by atoms with E-state index >= 15 is 0 Å². The molecule has 0 saturated heterocycles. The van der Waals surface area contributed by atoms with Gasteiger partial charge in [-0.2, -0.15) is 5.10 Å². The molecule has 2 atom stereocenters. The molecule has 3 nitrogen and oxygen atoms in total. The largest absolute Gasteiger partial charge is 0.383 e. The standard InChI is InChI=1S/C13H21BrN2O/c1-5-16-11(10(14)7-15-16)13(17)8-12(3,4)6-9(13)2/h7,9,17H,5-6,8H2,1-4H3. The van der Waals surface area contributed by atoms with Crippen molar-refractivity contribution in [2.45, 2.75) is 52.7 Å². The lowest BCUT2D eigenvalue weighted by atomic mass is 9.87. The lowest BCUT2D eigenvalue weighted by molar-refractivity contribution is -0.00981. The fourth-order valence-electron chi connectivity index (χ4n) is 3.32. The van der Waals surface area contributed by atoms with Crippen LogP contribution in [0.1, 0.15) is 46.2 Å². The van der Waals surface area contributed by atoms with Crippen molar-refractivity contribution in [2.24, 2.45) is 11.3 Å². The summed E-state index contributed by atoms with van der Waals surface area (Å²) in [5.41, 5.74) is 0.378. The lowest BCUT2D eigenvalue weighted by Crippen LogP contribution is -2.32. The molecule has 2 rings (SSSR count). The van der Waals surface area contributed by atoms with Crippen molar-refractivity contribution in [1.29, 1.82) is 0 Å². The topological polar surface area (TPSA) is 38.0 Å². The maximum absolute atomic E-state index is 11.1. The van der Waals surface area contributed by atoms with Gasteiger partial charge in [0.1, 0.15) is 5.60 Å². The summed E-state index contributed by atoms with van der Waals surface area (Å²) >= 11 is 3.52. The van der Waals surface area contributed by atoms with E-state index < -0.39 is 5.60 Å². The van der Waals surface area contributed by atoms with Gasteiger partial charge in [-0.15, -0.1) is 0 Å². The molecule has 96 valence electrons. The second kappa shape index (κ2) is 4.09. The van der Waals surface area contributed by atoms with Crippen LogP contribution in [0.4, 0.5) is 0 Å². The van der Waals surface area contributed by atoms with Crippen LogP contribution in [0.5, 0.6) is 0 Å². The third kappa shape index (κ3) is 2.06. The highest BCUT2D eigenvalue weighted by Crippen LogP contribution is 2.53. The van der Waals surface area contributed by atoms with E-state index in [0.717, 1.165) is 29.6 Å². The quantitative estimate of drug-likeness (QED) is 0.910. The fourth-order valence-corrected chi connectivity index (χ4v) is 3.96. The molecule has 0 spiro atoms. The van der Waals surface area contributed by atoms with Gasteiger partial charge in [-0.05, 0) is 47.0 Å². The average Bonchev–Trinajstić information content (AvgIpc) is 2.66. The molecule has 1 aliphatic carbocycles. The number of hydrogen-bond acceptors (Lipinski definition) is 2. The molecule has 0 radical (unpaired) electrons. The minimum absolute atomic E-state index is 0.191. The van der Waals surface area contributed by atoms with E-state index in [1.807, 2.05) is 4.68 Å². The summed E-state index contributed by atoms with van der Waals surface area (Å²) < 4.78 is 2.83. The molecule has 1 N–H and O–H groups in total. The molecule has 0 amide bonds. The van der Waals surface area contributed by atoms with Crippen LogP contribution in [0.2, 0.25) is 0 Å². The molecule has 17 heavy (non-hydrogen) atoms. The Labute approximate surface area is 111 Å². The Morgan fingerprint density at radius 1 is 1.59 bits per heavy atom. The van der Waals surface area contributed by atoms with Crippen LogP contribution in [-0.2, 0) is 12.1 Å². The summed E-state index contributed by atoms with van der Waals surface area (Å²) in [4.78, 5) is 0. The third-order valence-electron chi connectivity index (χ3n) is 3.93. The first kappa shape index (κ1) is 13.1. The third-order valence-corrected chi connectivity index (χ3v) is 4.51. The fraction of sp³-hybridized carbons (Fsp3) is 0.769. The van der Waals surface area contributed by atoms with Crippen LogP contribution in [0.3, 0.4) is 0 Å². The van der Waals surface area contributed by atoms with Gasteiger partial charge in [-0.25, -0.2) is 0 Å². The van der Waals surface area contributed by atoms with Gasteiger partial charge < -0.3 is 5.11 Å². The van der Waals surface area contributed by atoms with E-state index in [1.54, 1.807) is 6.20 Å². The van der Waals surface area contributed by atoms with Gasteiger partial charge in [0.05, 0.1) is 16.4 Å². The second-order valence-corrected chi connectivity index (χ2v) is 6.88. The highest BCUT2D eigenvalue weighted by molar-refractivity contribution is 9.10. The van der Waals surface area contributed by atoms with E-state index in [2.05, 4.69) is 48.7 Å². The van der Waals surface area contributed by atoms with Crippen molar-refractivity contribution >= 4 is 15.9 Å². The number of hydrogen-bond donors (Lipinski definition) is 1. The minimum atomic E-state index is -0.755. The molecule has 1 aliphatic rings. The molecular weight excluding hydrogens is 280 g/mol. The Morgan fingerprint density at radius 2 is 2.24 bits per heavy atom. The van der Waals surface area contributed by atoms with Crippen LogP contribution in [0.25, 0.3) is 0 Å². The number of halogens is 1. The minimum Gasteiger partial charge on any atom is -0.383 e. The van der Waals surface area contributed by atoms with Gasteiger partial charge in [0, 0.05) is 6.54 Å². The number of rotatable bonds is 2.